The number of aromatic nitrogens is 4. The lowest BCUT2D eigenvalue weighted by molar-refractivity contribution is 0.730. The third kappa shape index (κ3) is 3.56. The van der Waals surface area contributed by atoms with Crippen molar-refractivity contribution in [2.45, 2.75) is 13.3 Å². The first-order valence-corrected chi connectivity index (χ1v) is 20.8. The summed E-state index contributed by atoms with van der Waals surface area (Å²) in [6, 6.07) is 57.1. The number of allylic oxidation sites excluding steroid dienone is 4. The Kier molecular flexibility index (Phi) is 5.43. The molecule has 0 spiro atoms. The minimum atomic E-state index is 0.500. The van der Waals surface area contributed by atoms with Crippen molar-refractivity contribution < 1.29 is 0 Å². The molecule has 0 amide bonds. The zero-order valence-electron chi connectivity index (χ0n) is 32.2. The van der Waals surface area contributed by atoms with Gasteiger partial charge in [0.15, 0.2) is 0 Å². The predicted molar refractivity (Wildman–Crippen MR) is 250 cm³/mol. The Morgan fingerprint density at radius 1 is 0.390 bits per heavy atom. The molecule has 8 aromatic carbocycles. The normalized spacial score (nSPS) is 15.3. The molecule has 4 nitrogen and oxygen atoms in total. The van der Waals surface area contributed by atoms with Crippen LogP contribution in [0.25, 0.3) is 131 Å². The summed E-state index contributed by atoms with van der Waals surface area (Å²) >= 11 is 0. The topological polar surface area (TPSA) is 18.7 Å². The number of nitrogens with zero attached hydrogens (tertiary/aromatic N) is 4. The molecule has 0 saturated heterocycles. The molecule has 59 heavy (non-hydrogen) atoms. The van der Waals surface area contributed by atoms with Gasteiger partial charge in [-0.2, -0.15) is 0 Å². The van der Waals surface area contributed by atoms with Gasteiger partial charge < -0.3 is 17.9 Å². The number of benzene rings is 8. The smallest absolute Gasteiger partial charge is 0.0641 e. The van der Waals surface area contributed by atoms with E-state index in [1.165, 1.54) is 131 Å². The molecule has 0 radical (unpaired) electrons. The van der Waals surface area contributed by atoms with Gasteiger partial charge in [-0.05, 0) is 66.9 Å². The highest BCUT2D eigenvalue weighted by molar-refractivity contribution is 6.34. The molecule has 15 rings (SSSR count). The quantitative estimate of drug-likeness (QED) is 0.168. The van der Waals surface area contributed by atoms with Crippen LogP contribution in [0.3, 0.4) is 0 Å². The molecule has 1 unspecified atom stereocenters. The lowest BCUT2D eigenvalue weighted by Crippen LogP contribution is -2.04. The van der Waals surface area contributed by atoms with Crippen molar-refractivity contribution in [3.63, 3.8) is 0 Å². The number of para-hydroxylation sites is 5. The fourth-order valence-corrected chi connectivity index (χ4v) is 11.7. The van der Waals surface area contributed by atoms with Crippen molar-refractivity contribution in [1.82, 2.24) is 17.9 Å². The summed E-state index contributed by atoms with van der Waals surface area (Å²) in [7, 11) is 0. The summed E-state index contributed by atoms with van der Waals surface area (Å²) in [4.78, 5) is 0. The van der Waals surface area contributed by atoms with Crippen molar-refractivity contribution in [3.8, 4) is 5.69 Å². The van der Waals surface area contributed by atoms with Crippen molar-refractivity contribution >= 4 is 125 Å². The van der Waals surface area contributed by atoms with Gasteiger partial charge in [0.1, 0.15) is 0 Å². The molecule has 1 aliphatic carbocycles. The zero-order valence-corrected chi connectivity index (χ0v) is 32.2. The monoisotopic (exact) mass is 750 g/mol. The molecular formula is C55H34N4. The van der Waals surface area contributed by atoms with Crippen LogP contribution in [-0.2, 0) is 0 Å². The van der Waals surface area contributed by atoms with E-state index in [0.717, 1.165) is 6.42 Å². The Bertz CT molecular complexity index is 4220. The Morgan fingerprint density at radius 2 is 0.864 bits per heavy atom. The van der Waals surface area contributed by atoms with E-state index < -0.39 is 0 Å². The summed E-state index contributed by atoms with van der Waals surface area (Å²) in [5, 5.41) is 15.6. The molecular weight excluding hydrogens is 717 g/mol. The minimum absolute atomic E-state index is 0.500. The van der Waals surface area contributed by atoms with Crippen molar-refractivity contribution in [2.24, 2.45) is 5.92 Å². The number of hydrogen-bond acceptors (Lipinski definition) is 0. The number of rotatable bonds is 2. The minimum Gasteiger partial charge on any atom is -0.313 e. The second kappa shape index (κ2) is 10.5. The summed E-state index contributed by atoms with van der Waals surface area (Å²) in [6.45, 7) is 2.32. The third-order valence-electron chi connectivity index (χ3n) is 13.9. The van der Waals surface area contributed by atoms with Gasteiger partial charge in [0.05, 0.1) is 55.2 Å². The van der Waals surface area contributed by atoms with Crippen LogP contribution in [0.4, 0.5) is 0 Å². The molecule has 6 heterocycles. The van der Waals surface area contributed by atoms with E-state index >= 15 is 0 Å². The van der Waals surface area contributed by atoms with Crippen molar-refractivity contribution in [1.29, 1.82) is 0 Å². The highest BCUT2D eigenvalue weighted by Crippen LogP contribution is 2.49. The Hall–Kier alpha value is -7.56. The maximum Gasteiger partial charge on any atom is 0.0641 e. The van der Waals surface area contributed by atoms with Crippen LogP contribution in [0, 0.1) is 5.92 Å². The molecule has 4 heteroatoms. The van der Waals surface area contributed by atoms with Crippen LogP contribution in [0.15, 0.2) is 170 Å². The van der Waals surface area contributed by atoms with E-state index in [1.54, 1.807) is 0 Å². The van der Waals surface area contributed by atoms with Crippen LogP contribution >= 0.6 is 0 Å². The summed E-state index contributed by atoms with van der Waals surface area (Å²) in [5.41, 5.74) is 15.2. The maximum absolute atomic E-state index is 2.62. The SMILES string of the molecule is CC1C=CC=C(n2c3ccccc3c3c2ccc2c4cccc5c6cc7c(cc6n(c54)c23)c2cccc3c4ccc5c(c6ccccc6n5-c5ccccc5)c4n7c23)C1. The largest absolute Gasteiger partial charge is 0.313 e. The first-order valence-electron chi connectivity index (χ1n) is 20.8. The van der Waals surface area contributed by atoms with Crippen LogP contribution in [-0.4, -0.2) is 17.9 Å². The van der Waals surface area contributed by atoms with E-state index in [9.17, 15) is 0 Å². The molecule has 1 aliphatic rings. The van der Waals surface area contributed by atoms with E-state index in [2.05, 4.69) is 195 Å². The third-order valence-corrected chi connectivity index (χ3v) is 13.9. The van der Waals surface area contributed by atoms with Gasteiger partial charge in [-0.3, -0.25) is 0 Å². The Balaban J connectivity index is 1.13. The fraction of sp³-hybridized carbons (Fsp3) is 0.0545. The predicted octanol–water partition coefficient (Wildman–Crippen LogP) is 14.6. The van der Waals surface area contributed by atoms with Gasteiger partial charge in [0.25, 0.3) is 0 Å². The van der Waals surface area contributed by atoms with Crippen LogP contribution < -0.4 is 0 Å². The number of hydrogen-bond donors (Lipinski definition) is 0. The van der Waals surface area contributed by atoms with Gasteiger partial charge >= 0.3 is 0 Å². The van der Waals surface area contributed by atoms with E-state index in [0.29, 0.717) is 5.92 Å². The van der Waals surface area contributed by atoms with Crippen LogP contribution in [0.2, 0.25) is 0 Å². The molecule has 0 fully saturated rings. The van der Waals surface area contributed by atoms with Gasteiger partial charge in [-0.15, -0.1) is 0 Å². The maximum atomic E-state index is 2.62. The average Bonchev–Trinajstić information content (AvgIpc) is 4.11. The molecule has 0 aliphatic heterocycles. The molecule has 1 atom stereocenters. The zero-order chi connectivity index (χ0) is 38.2. The molecule has 0 saturated carbocycles. The average molecular weight is 751 g/mol. The molecule has 0 N–H and O–H groups in total. The second-order valence-corrected chi connectivity index (χ2v) is 16.9. The molecule has 274 valence electrons. The van der Waals surface area contributed by atoms with Crippen molar-refractivity contribution in [3.05, 3.63) is 170 Å². The van der Waals surface area contributed by atoms with Gasteiger partial charge in [0.2, 0.25) is 0 Å². The lowest BCUT2D eigenvalue weighted by atomic mass is 10.00. The number of fused-ring (bicyclic) bond motifs is 20. The Labute approximate surface area is 337 Å². The lowest BCUT2D eigenvalue weighted by Gasteiger charge is -2.18. The van der Waals surface area contributed by atoms with Crippen molar-refractivity contribution in [2.75, 3.05) is 0 Å². The van der Waals surface area contributed by atoms with Crippen LogP contribution in [0.5, 0.6) is 0 Å². The van der Waals surface area contributed by atoms with Crippen LogP contribution in [0.1, 0.15) is 13.3 Å². The van der Waals surface area contributed by atoms with Gasteiger partial charge in [0, 0.05) is 76.0 Å². The highest BCUT2D eigenvalue weighted by Gasteiger charge is 2.27. The summed E-state index contributed by atoms with van der Waals surface area (Å²) in [6.07, 6.45) is 7.89. The second-order valence-electron chi connectivity index (χ2n) is 16.9. The van der Waals surface area contributed by atoms with E-state index in [1.807, 2.05) is 0 Å². The van der Waals surface area contributed by atoms with E-state index in [4.69, 9.17) is 0 Å². The molecule has 6 aromatic heterocycles. The first kappa shape index (κ1) is 30.6. The first-order chi connectivity index (χ1) is 29.2. The molecule has 14 aromatic rings. The highest BCUT2D eigenvalue weighted by atomic mass is 15.0. The summed E-state index contributed by atoms with van der Waals surface area (Å²) in [5.74, 6) is 0.500. The Morgan fingerprint density at radius 3 is 1.44 bits per heavy atom. The van der Waals surface area contributed by atoms with E-state index in [-0.39, 0.29) is 0 Å². The molecule has 0 bridgehead atoms. The van der Waals surface area contributed by atoms with Gasteiger partial charge in [-0.1, -0.05) is 122 Å². The fourth-order valence-electron chi connectivity index (χ4n) is 11.7. The summed E-state index contributed by atoms with van der Waals surface area (Å²) < 4.78 is 10.2. The van der Waals surface area contributed by atoms with Gasteiger partial charge in [-0.25, -0.2) is 0 Å². The standard InChI is InChI=1S/C55H34N4/c1-31-12-9-15-33(28-31)57-45-23-8-6-17-41(45)51-47(57)27-25-39-35-19-11-21-37-43-29-48-42(30-49(43)59(53(35)37)55(39)51)36-20-10-18-34-38-24-26-46-50(54(38)58(48)52(34)36)40-16-5-7-22-44(40)56(46)32-13-3-2-4-14-32/h2-27,29-31H,28H2,1H3.